The first-order valence-electron chi connectivity index (χ1n) is 5.25. The molecule has 0 aliphatic carbocycles. The highest BCUT2D eigenvalue weighted by molar-refractivity contribution is 5.56. The number of nitrogen functional groups attached to an aromatic ring is 1. The summed E-state index contributed by atoms with van der Waals surface area (Å²) in [4.78, 5) is 0. The first-order valence-corrected chi connectivity index (χ1v) is 5.25. The summed E-state index contributed by atoms with van der Waals surface area (Å²) in [6, 6.07) is 4.44. The molecule has 0 unspecified atom stereocenters. The van der Waals surface area contributed by atoms with Crippen molar-refractivity contribution < 1.29 is 0 Å². The summed E-state index contributed by atoms with van der Waals surface area (Å²) < 4.78 is 0. The summed E-state index contributed by atoms with van der Waals surface area (Å²) in [5, 5.41) is 0. The summed E-state index contributed by atoms with van der Waals surface area (Å²) in [5.74, 6) is 0. The van der Waals surface area contributed by atoms with Crippen molar-refractivity contribution in [3.8, 4) is 0 Å². The molecule has 78 valence electrons. The van der Waals surface area contributed by atoms with Crippen LogP contribution in [0.2, 0.25) is 0 Å². The third-order valence-electron chi connectivity index (χ3n) is 2.72. The Morgan fingerprint density at radius 2 is 1.79 bits per heavy atom. The average molecular weight is 191 g/mol. The Bertz CT molecular complexity index is 332. The summed E-state index contributed by atoms with van der Waals surface area (Å²) in [7, 11) is 0. The van der Waals surface area contributed by atoms with Gasteiger partial charge in [-0.3, -0.25) is 0 Å². The standard InChI is InChI=1S/C13H21N/c1-6-10-8-11(13(3,4)5)7-9(2)12(10)14/h7-8H,6,14H2,1-5H3. The van der Waals surface area contributed by atoms with Gasteiger partial charge in [0.2, 0.25) is 0 Å². The Hall–Kier alpha value is -0.980. The Kier molecular flexibility index (Phi) is 2.89. The average Bonchev–Trinajstić information content (AvgIpc) is 2.07. The molecule has 0 spiro atoms. The molecule has 0 heterocycles. The van der Waals surface area contributed by atoms with Crippen LogP contribution in [0.1, 0.15) is 44.4 Å². The number of rotatable bonds is 1. The minimum absolute atomic E-state index is 0.211. The highest BCUT2D eigenvalue weighted by Crippen LogP contribution is 2.28. The number of hydrogen-bond acceptors (Lipinski definition) is 1. The van der Waals surface area contributed by atoms with Crippen molar-refractivity contribution in [2.75, 3.05) is 5.73 Å². The molecule has 1 nitrogen and oxygen atoms in total. The van der Waals surface area contributed by atoms with Crippen LogP contribution in [0.25, 0.3) is 0 Å². The van der Waals surface area contributed by atoms with Gasteiger partial charge < -0.3 is 5.73 Å². The molecule has 0 aliphatic rings. The number of nitrogens with two attached hydrogens (primary N) is 1. The molecule has 1 aromatic carbocycles. The van der Waals surface area contributed by atoms with Crippen LogP contribution in [0.5, 0.6) is 0 Å². The van der Waals surface area contributed by atoms with Gasteiger partial charge in [0.15, 0.2) is 0 Å². The van der Waals surface area contributed by atoms with Gasteiger partial charge in [-0.1, -0.05) is 39.8 Å². The Balaban J connectivity index is 3.30. The van der Waals surface area contributed by atoms with E-state index >= 15 is 0 Å². The van der Waals surface area contributed by atoms with Crippen molar-refractivity contribution in [3.63, 3.8) is 0 Å². The second kappa shape index (κ2) is 3.64. The fourth-order valence-corrected chi connectivity index (χ4v) is 1.60. The van der Waals surface area contributed by atoms with Gasteiger partial charge in [0.25, 0.3) is 0 Å². The number of hydrogen-bond donors (Lipinski definition) is 1. The van der Waals surface area contributed by atoms with E-state index < -0.39 is 0 Å². The SMILES string of the molecule is CCc1cc(C(C)(C)C)cc(C)c1N. The maximum Gasteiger partial charge on any atom is 0.0376 e. The van der Waals surface area contributed by atoms with E-state index in [1.54, 1.807) is 0 Å². The topological polar surface area (TPSA) is 26.0 Å². The van der Waals surface area contributed by atoms with E-state index in [0.717, 1.165) is 12.1 Å². The molecule has 0 amide bonds. The normalized spacial score (nSPS) is 11.8. The Morgan fingerprint density at radius 1 is 1.21 bits per heavy atom. The van der Waals surface area contributed by atoms with Gasteiger partial charge >= 0.3 is 0 Å². The third-order valence-corrected chi connectivity index (χ3v) is 2.72. The van der Waals surface area contributed by atoms with Crippen molar-refractivity contribution in [3.05, 3.63) is 28.8 Å². The molecule has 0 atom stereocenters. The second-order valence-electron chi connectivity index (χ2n) is 4.97. The van der Waals surface area contributed by atoms with E-state index in [1.165, 1.54) is 16.7 Å². The van der Waals surface area contributed by atoms with Crippen molar-refractivity contribution in [1.82, 2.24) is 0 Å². The monoisotopic (exact) mass is 191 g/mol. The number of anilines is 1. The molecule has 1 heteroatoms. The predicted octanol–water partition coefficient (Wildman–Crippen LogP) is 3.44. The Morgan fingerprint density at radius 3 is 2.21 bits per heavy atom. The molecule has 0 aromatic heterocycles. The lowest BCUT2D eigenvalue weighted by Crippen LogP contribution is -2.12. The highest BCUT2D eigenvalue weighted by Gasteiger charge is 2.15. The van der Waals surface area contributed by atoms with Gasteiger partial charge in [0.05, 0.1) is 0 Å². The molecule has 0 saturated carbocycles. The van der Waals surface area contributed by atoms with Crippen LogP contribution in [0, 0.1) is 6.92 Å². The minimum atomic E-state index is 0.211. The quantitative estimate of drug-likeness (QED) is 0.676. The van der Waals surface area contributed by atoms with E-state index in [4.69, 9.17) is 5.73 Å². The molecule has 0 fully saturated rings. The molecular weight excluding hydrogens is 170 g/mol. The van der Waals surface area contributed by atoms with Gasteiger partial charge in [-0.15, -0.1) is 0 Å². The minimum Gasteiger partial charge on any atom is -0.398 e. The molecule has 0 radical (unpaired) electrons. The largest absolute Gasteiger partial charge is 0.398 e. The summed E-state index contributed by atoms with van der Waals surface area (Å²) in [5.41, 5.74) is 11.0. The maximum absolute atomic E-state index is 6.01. The zero-order valence-electron chi connectivity index (χ0n) is 9.94. The smallest absolute Gasteiger partial charge is 0.0376 e. The molecule has 0 aliphatic heterocycles. The van der Waals surface area contributed by atoms with Crippen LogP contribution >= 0.6 is 0 Å². The molecule has 1 aromatic rings. The summed E-state index contributed by atoms with van der Waals surface area (Å²) in [6.07, 6.45) is 1.01. The lowest BCUT2D eigenvalue weighted by Gasteiger charge is -2.21. The second-order valence-corrected chi connectivity index (χ2v) is 4.97. The van der Waals surface area contributed by atoms with E-state index in [9.17, 15) is 0 Å². The van der Waals surface area contributed by atoms with Crippen molar-refractivity contribution >= 4 is 5.69 Å². The van der Waals surface area contributed by atoms with E-state index in [2.05, 4.69) is 46.8 Å². The number of aryl methyl sites for hydroxylation is 2. The van der Waals surface area contributed by atoms with Crippen molar-refractivity contribution in [2.24, 2.45) is 0 Å². The fraction of sp³-hybridized carbons (Fsp3) is 0.538. The van der Waals surface area contributed by atoms with E-state index in [0.29, 0.717) is 0 Å². The van der Waals surface area contributed by atoms with Crippen molar-refractivity contribution in [1.29, 1.82) is 0 Å². The number of benzene rings is 1. The van der Waals surface area contributed by atoms with Crippen LogP contribution in [0.4, 0.5) is 5.69 Å². The fourth-order valence-electron chi connectivity index (χ4n) is 1.60. The highest BCUT2D eigenvalue weighted by atomic mass is 14.6. The summed E-state index contributed by atoms with van der Waals surface area (Å²) in [6.45, 7) is 10.9. The molecular formula is C13H21N. The molecule has 2 N–H and O–H groups in total. The molecule has 14 heavy (non-hydrogen) atoms. The third kappa shape index (κ3) is 2.09. The van der Waals surface area contributed by atoms with Gasteiger partial charge in [0, 0.05) is 5.69 Å². The van der Waals surface area contributed by atoms with Crippen LogP contribution in [0.3, 0.4) is 0 Å². The van der Waals surface area contributed by atoms with Crippen LogP contribution in [-0.2, 0) is 11.8 Å². The van der Waals surface area contributed by atoms with Gasteiger partial charge in [-0.2, -0.15) is 0 Å². The first-order chi connectivity index (χ1) is 6.36. The zero-order chi connectivity index (χ0) is 10.9. The van der Waals surface area contributed by atoms with E-state index in [1.807, 2.05) is 0 Å². The van der Waals surface area contributed by atoms with Gasteiger partial charge in [-0.25, -0.2) is 0 Å². The first kappa shape index (κ1) is 11.1. The lowest BCUT2D eigenvalue weighted by molar-refractivity contribution is 0.589. The lowest BCUT2D eigenvalue weighted by atomic mass is 9.84. The van der Waals surface area contributed by atoms with Gasteiger partial charge in [-0.05, 0) is 35.4 Å². The van der Waals surface area contributed by atoms with Crippen LogP contribution in [0.15, 0.2) is 12.1 Å². The van der Waals surface area contributed by atoms with E-state index in [-0.39, 0.29) is 5.41 Å². The maximum atomic E-state index is 6.01. The van der Waals surface area contributed by atoms with Gasteiger partial charge in [0.1, 0.15) is 0 Å². The summed E-state index contributed by atoms with van der Waals surface area (Å²) >= 11 is 0. The molecule has 0 bridgehead atoms. The molecule has 0 saturated heterocycles. The Labute approximate surface area is 87.3 Å². The zero-order valence-corrected chi connectivity index (χ0v) is 9.94. The predicted molar refractivity (Wildman–Crippen MR) is 63.7 cm³/mol. The van der Waals surface area contributed by atoms with Crippen LogP contribution < -0.4 is 5.73 Å². The van der Waals surface area contributed by atoms with Crippen molar-refractivity contribution in [2.45, 2.75) is 46.5 Å². The van der Waals surface area contributed by atoms with Crippen LogP contribution in [-0.4, -0.2) is 0 Å². The molecule has 1 rings (SSSR count).